The number of hydrogen-bond acceptors (Lipinski definition) is 4. The zero-order valence-electron chi connectivity index (χ0n) is 8.59. The van der Waals surface area contributed by atoms with Gasteiger partial charge in [0.15, 0.2) is 0 Å². The molecule has 88 valence electrons. The smallest absolute Gasteiger partial charge is 0.345 e. The first-order valence-electron chi connectivity index (χ1n) is 4.72. The maximum atomic E-state index is 10.7. The summed E-state index contributed by atoms with van der Waals surface area (Å²) in [4.78, 5) is 16.2. The lowest BCUT2D eigenvalue weighted by atomic mass is 10.4. The average Bonchev–Trinajstić information content (AvgIpc) is 2.77. The lowest BCUT2D eigenvalue weighted by Gasteiger charge is -2.00. The highest BCUT2D eigenvalue weighted by Crippen LogP contribution is 2.29. The van der Waals surface area contributed by atoms with E-state index < -0.39 is 5.97 Å². The summed E-state index contributed by atoms with van der Waals surface area (Å²) >= 11 is 8.75. The van der Waals surface area contributed by atoms with Gasteiger partial charge in [-0.15, -0.1) is 11.3 Å². The Labute approximate surface area is 111 Å². The summed E-state index contributed by atoms with van der Waals surface area (Å²) in [6.07, 6.45) is 1.69. The van der Waals surface area contributed by atoms with Crippen LogP contribution in [0.15, 0.2) is 35.5 Å². The second-order valence-corrected chi connectivity index (χ2v) is 5.69. The third-order valence-electron chi connectivity index (χ3n) is 1.95. The van der Waals surface area contributed by atoms with Crippen molar-refractivity contribution in [1.82, 2.24) is 4.98 Å². The predicted molar refractivity (Wildman–Crippen MR) is 70.1 cm³/mol. The molecule has 0 fully saturated rings. The molecule has 1 N–H and O–H groups in total. The number of aromatic carboxylic acids is 1. The van der Waals surface area contributed by atoms with Crippen LogP contribution in [0.25, 0.3) is 0 Å². The Balaban J connectivity index is 2.02. The second kappa shape index (κ2) is 5.53. The van der Waals surface area contributed by atoms with Crippen molar-refractivity contribution in [3.63, 3.8) is 0 Å². The van der Waals surface area contributed by atoms with Gasteiger partial charge in [0, 0.05) is 16.8 Å². The van der Waals surface area contributed by atoms with E-state index in [9.17, 15) is 4.79 Å². The van der Waals surface area contributed by atoms with Gasteiger partial charge in [-0.05, 0) is 24.3 Å². The first kappa shape index (κ1) is 12.4. The molecule has 0 unspecified atom stereocenters. The van der Waals surface area contributed by atoms with E-state index in [1.165, 1.54) is 23.1 Å². The minimum absolute atomic E-state index is 0.354. The molecule has 0 saturated heterocycles. The van der Waals surface area contributed by atoms with Crippen LogP contribution in [-0.4, -0.2) is 16.1 Å². The van der Waals surface area contributed by atoms with Crippen LogP contribution in [0, 0.1) is 0 Å². The molecular weight excluding hydrogens is 278 g/mol. The SMILES string of the molecule is O=C(O)c1ccc(CSc2ncccc2Cl)s1. The van der Waals surface area contributed by atoms with Gasteiger partial charge < -0.3 is 5.11 Å². The highest BCUT2D eigenvalue weighted by molar-refractivity contribution is 7.98. The fourth-order valence-corrected chi connectivity index (χ4v) is 3.24. The van der Waals surface area contributed by atoms with Crippen LogP contribution >= 0.6 is 34.7 Å². The van der Waals surface area contributed by atoms with Crippen LogP contribution in [0.2, 0.25) is 5.02 Å². The topological polar surface area (TPSA) is 50.2 Å². The zero-order valence-corrected chi connectivity index (χ0v) is 11.0. The van der Waals surface area contributed by atoms with Crippen molar-refractivity contribution >= 4 is 40.7 Å². The lowest BCUT2D eigenvalue weighted by Crippen LogP contribution is -1.89. The molecule has 0 bridgehead atoms. The largest absolute Gasteiger partial charge is 0.477 e. The monoisotopic (exact) mass is 285 g/mol. The summed E-state index contributed by atoms with van der Waals surface area (Å²) in [6, 6.07) is 6.99. The Kier molecular flexibility index (Phi) is 4.04. The Hall–Kier alpha value is -1.04. The van der Waals surface area contributed by atoms with E-state index in [0.29, 0.717) is 15.7 Å². The van der Waals surface area contributed by atoms with Crippen LogP contribution in [0.4, 0.5) is 0 Å². The van der Waals surface area contributed by atoms with Gasteiger partial charge in [0.1, 0.15) is 9.90 Å². The predicted octanol–water partition coefficient (Wildman–Crippen LogP) is 3.79. The molecule has 0 aliphatic rings. The molecule has 0 aromatic carbocycles. The normalized spacial score (nSPS) is 10.4. The number of carbonyl (C=O) groups is 1. The van der Waals surface area contributed by atoms with Crippen molar-refractivity contribution in [2.24, 2.45) is 0 Å². The van der Waals surface area contributed by atoms with Crippen molar-refractivity contribution < 1.29 is 9.90 Å². The average molecular weight is 286 g/mol. The number of carboxylic acids is 1. The molecule has 0 spiro atoms. The molecule has 0 amide bonds. The van der Waals surface area contributed by atoms with E-state index in [1.807, 2.05) is 6.07 Å². The molecule has 0 radical (unpaired) electrons. The van der Waals surface area contributed by atoms with Crippen LogP contribution < -0.4 is 0 Å². The Morgan fingerprint density at radius 3 is 2.94 bits per heavy atom. The number of aromatic nitrogens is 1. The van der Waals surface area contributed by atoms with Crippen molar-refractivity contribution in [2.75, 3.05) is 0 Å². The molecule has 0 saturated carbocycles. The highest BCUT2D eigenvalue weighted by atomic mass is 35.5. The molecule has 2 aromatic rings. The van der Waals surface area contributed by atoms with Gasteiger partial charge in [-0.25, -0.2) is 9.78 Å². The minimum atomic E-state index is -0.887. The fraction of sp³-hybridized carbons (Fsp3) is 0.0909. The van der Waals surface area contributed by atoms with E-state index >= 15 is 0 Å². The van der Waals surface area contributed by atoms with Crippen molar-refractivity contribution in [2.45, 2.75) is 10.8 Å². The molecular formula is C11H8ClNO2S2. The number of nitrogens with zero attached hydrogens (tertiary/aromatic N) is 1. The maximum Gasteiger partial charge on any atom is 0.345 e. The van der Waals surface area contributed by atoms with Gasteiger partial charge in [-0.1, -0.05) is 23.4 Å². The molecule has 6 heteroatoms. The van der Waals surface area contributed by atoms with Crippen molar-refractivity contribution in [1.29, 1.82) is 0 Å². The minimum Gasteiger partial charge on any atom is -0.477 e. The number of rotatable bonds is 4. The van der Waals surface area contributed by atoms with Gasteiger partial charge in [0.2, 0.25) is 0 Å². The molecule has 3 nitrogen and oxygen atoms in total. The lowest BCUT2D eigenvalue weighted by molar-refractivity contribution is 0.0702. The van der Waals surface area contributed by atoms with Gasteiger partial charge in [-0.3, -0.25) is 0 Å². The van der Waals surface area contributed by atoms with Crippen LogP contribution in [0.5, 0.6) is 0 Å². The standard InChI is InChI=1S/C11H8ClNO2S2/c12-8-2-1-5-13-10(8)16-6-7-3-4-9(17-7)11(14)15/h1-5H,6H2,(H,14,15). The van der Waals surface area contributed by atoms with Crippen LogP contribution in [-0.2, 0) is 5.75 Å². The third-order valence-corrected chi connectivity index (χ3v) is 4.68. The maximum absolute atomic E-state index is 10.7. The second-order valence-electron chi connectivity index (χ2n) is 3.15. The number of carboxylic acid groups (broad SMARTS) is 1. The summed E-state index contributed by atoms with van der Waals surface area (Å²) in [5, 5.41) is 10.2. The van der Waals surface area contributed by atoms with E-state index in [2.05, 4.69) is 4.98 Å². The molecule has 2 aromatic heterocycles. The summed E-state index contributed by atoms with van der Waals surface area (Å²) in [7, 11) is 0. The van der Waals surface area contributed by atoms with E-state index in [4.69, 9.17) is 16.7 Å². The quantitative estimate of drug-likeness (QED) is 0.869. The molecule has 2 rings (SSSR count). The first-order valence-corrected chi connectivity index (χ1v) is 6.90. The molecule has 0 aliphatic carbocycles. The highest BCUT2D eigenvalue weighted by Gasteiger charge is 2.08. The molecule has 2 heterocycles. The number of hydrogen-bond donors (Lipinski definition) is 1. The van der Waals surface area contributed by atoms with Gasteiger partial charge >= 0.3 is 5.97 Å². The van der Waals surface area contributed by atoms with Crippen LogP contribution in [0.3, 0.4) is 0 Å². The van der Waals surface area contributed by atoms with Gasteiger partial charge in [-0.2, -0.15) is 0 Å². The third kappa shape index (κ3) is 3.21. The van der Waals surface area contributed by atoms with Crippen LogP contribution in [0.1, 0.15) is 14.5 Å². The van der Waals surface area contributed by atoms with E-state index in [0.717, 1.165) is 9.90 Å². The number of thioether (sulfide) groups is 1. The van der Waals surface area contributed by atoms with Gasteiger partial charge in [0.25, 0.3) is 0 Å². The van der Waals surface area contributed by atoms with E-state index in [-0.39, 0.29) is 0 Å². The number of thiophene rings is 1. The molecule has 0 atom stereocenters. The van der Waals surface area contributed by atoms with Gasteiger partial charge in [0.05, 0.1) is 5.02 Å². The summed E-state index contributed by atoms with van der Waals surface area (Å²) in [5.74, 6) is -0.212. The Morgan fingerprint density at radius 1 is 1.47 bits per heavy atom. The summed E-state index contributed by atoms with van der Waals surface area (Å²) in [5.41, 5.74) is 0. The molecule has 0 aliphatic heterocycles. The van der Waals surface area contributed by atoms with Crippen molar-refractivity contribution in [3.8, 4) is 0 Å². The first-order chi connectivity index (χ1) is 8.16. The van der Waals surface area contributed by atoms with E-state index in [1.54, 1.807) is 24.4 Å². The summed E-state index contributed by atoms with van der Waals surface area (Å²) < 4.78 is 0. The molecule has 17 heavy (non-hydrogen) atoms. The number of halogens is 1. The van der Waals surface area contributed by atoms with Crippen molar-refractivity contribution in [3.05, 3.63) is 45.2 Å². The fourth-order valence-electron chi connectivity index (χ4n) is 1.19. The summed E-state index contributed by atoms with van der Waals surface area (Å²) in [6.45, 7) is 0. The zero-order chi connectivity index (χ0) is 12.3. The number of pyridine rings is 1. The Bertz CT molecular complexity index is 542. The Morgan fingerprint density at radius 2 is 2.29 bits per heavy atom.